The minimum atomic E-state index is -0.523. The molecule has 1 aromatic carbocycles. The number of nitrogens with one attached hydrogen (secondary N) is 2. The molecule has 2 fully saturated rings. The first-order valence-electron chi connectivity index (χ1n) is 8.26. The lowest BCUT2D eigenvalue weighted by molar-refractivity contribution is -0.128. The molecule has 1 aromatic rings. The Morgan fingerprint density at radius 3 is 2.46 bits per heavy atom. The molecule has 0 atom stereocenters. The second-order valence-electron chi connectivity index (χ2n) is 6.40. The molecule has 0 spiro atoms. The number of hydrogen-bond donors (Lipinski definition) is 2. The van der Waals surface area contributed by atoms with Gasteiger partial charge in [0.25, 0.3) is 5.91 Å². The number of urea groups is 1. The maximum Gasteiger partial charge on any atom is 0.325 e. The van der Waals surface area contributed by atoms with Gasteiger partial charge in [-0.25, -0.2) is 4.79 Å². The molecule has 4 amide bonds. The highest BCUT2D eigenvalue weighted by molar-refractivity contribution is 6.06. The Morgan fingerprint density at radius 2 is 1.88 bits per heavy atom. The summed E-state index contributed by atoms with van der Waals surface area (Å²) in [6.45, 7) is 4.07. The average Bonchev–Trinajstić information content (AvgIpc) is 2.88. The number of carbonyl (C=O) groups is 3. The van der Waals surface area contributed by atoms with Crippen LogP contribution >= 0.6 is 0 Å². The van der Waals surface area contributed by atoms with Crippen LogP contribution in [0.3, 0.4) is 0 Å². The summed E-state index contributed by atoms with van der Waals surface area (Å²) in [6, 6.07) is 7.14. The summed E-state index contributed by atoms with van der Waals surface area (Å²) < 4.78 is 0. The summed E-state index contributed by atoms with van der Waals surface area (Å²) >= 11 is 0. The van der Waals surface area contributed by atoms with Crippen LogP contribution in [0.2, 0.25) is 0 Å². The van der Waals surface area contributed by atoms with E-state index in [2.05, 4.69) is 22.5 Å². The molecule has 0 saturated carbocycles. The number of carbonyl (C=O) groups excluding carboxylic acids is 3. The zero-order valence-electron chi connectivity index (χ0n) is 13.7. The molecule has 0 aliphatic carbocycles. The van der Waals surface area contributed by atoms with Gasteiger partial charge in [-0.3, -0.25) is 14.5 Å². The third-order valence-corrected chi connectivity index (χ3v) is 4.54. The lowest BCUT2D eigenvalue weighted by Crippen LogP contribution is -2.38. The van der Waals surface area contributed by atoms with Crippen molar-refractivity contribution in [2.75, 3.05) is 36.4 Å². The van der Waals surface area contributed by atoms with Crippen molar-refractivity contribution >= 4 is 29.2 Å². The van der Waals surface area contributed by atoms with Crippen molar-refractivity contribution in [2.45, 2.75) is 19.8 Å². The lowest BCUT2D eigenvalue weighted by atomic mass is 9.99. The maximum atomic E-state index is 12.0. The predicted octanol–water partition coefficient (Wildman–Crippen LogP) is 1.41. The van der Waals surface area contributed by atoms with Crippen LogP contribution in [0.4, 0.5) is 16.2 Å². The molecule has 128 valence electrons. The fourth-order valence-corrected chi connectivity index (χ4v) is 2.98. The summed E-state index contributed by atoms with van der Waals surface area (Å²) in [5, 5.41) is 5.10. The molecule has 0 unspecified atom stereocenters. The first kappa shape index (κ1) is 16.3. The molecule has 7 nitrogen and oxygen atoms in total. The molecule has 2 N–H and O–H groups in total. The smallest absolute Gasteiger partial charge is 0.325 e. The van der Waals surface area contributed by atoms with E-state index in [1.54, 1.807) is 0 Å². The zero-order valence-corrected chi connectivity index (χ0v) is 13.7. The normalized spacial score (nSPS) is 18.7. The summed E-state index contributed by atoms with van der Waals surface area (Å²) in [7, 11) is 0. The van der Waals surface area contributed by atoms with Crippen molar-refractivity contribution in [3.05, 3.63) is 24.3 Å². The van der Waals surface area contributed by atoms with E-state index in [1.165, 1.54) is 12.8 Å². The van der Waals surface area contributed by atoms with Crippen LogP contribution in [0.25, 0.3) is 0 Å². The Bertz CT molecular complexity index is 620. The van der Waals surface area contributed by atoms with Crippen LogP contribution in [0.5, 0.6) is 0 Å². The monoisotopic (exact) mass is 330 g/mol. The average molecular weight is 330 g/mol. The predicted molar refractivity (Wildman–Crippen MR) is 90.8 cm³/mol. The number of amides is 4. The van der Waals surface area contributed by atoms with Crippen molar-refractivity contribution in [1.29, 1.82) is 0 Å². The van der Waals surface area contributed by atoms with Crippen LogP contribution in [0.1, 0.15) is 19.8 Å². The van der Waals surface area contributed by atoms with Gasteiger partial charge in [0.2, 0.25) is 5.91 Å². The van der Waals surface area contributed by atoms with E-state index in [0.717, 1.165) is 29.6 Å². The second-order valence-corrected chi connectivity index (χ2v) is 6.40. The summed E-state index contributed by atoms with van der Waals surface area (Å²) in [5.74, 6) is 0.00933. The van der Waals surface area contributed by atoms with Gasteiger partial charge in [0.05, 0.1) is 6.54 Å². The number of hydrogen-bond acceptors (Lipinski definition) is 4. The molecule has 2 saturated heterocycles. The van der Waals surface area contributed by atoms with Crippen molar-refractivity contribution in [3.63, 3.8) is 0 Å². The number of anilines is 2. The van der Waals surface area contributed by atoms with Gasteiger partial charge in [-0.2, -0.15) is 0 Å². The van der Waals surface area contributed by atoms with Gasteiger partial charge in [-0.15, -0.1) is 0 Å². The van der Waals surface area contributed by atoms with Gasteiger partial charge in [0.15, 0.2) is 0 Å². The molecule has 2 heterocycles. The molecule has 0 bridgehead atoms. The minimum Gasteiger partial charge on any atom is -0.372 e. The highest BCUT2D eigenvalue weighted by Gasteiger charge is 2.30. The maximum absolute atomic E-state index is 12.0. The summed E-state index contributed by atoms with van der Waals surface area (Å²) in [6.07, 6.45) is 2.40. The third kappa shape index (κ3) is 3.67. The molecule has 0 aromatic heterocycles. The van der Waals surface area contributed by atoms with E-state index in [9.17, 15) is 14.4 Å². The molecule has 2 aliphatic heterocycles. The van der Waals surface area contributed by atoms with Gasteiger partial charge in [0, 0.05) is 24.5 Å². The van der Waals surface area contributed by atoms with E-state index < -0.39 is 6.03 Å². The van der Waals surface area contributed by atoms with Crippen molar-refractivity contribution in [2.24, 2.45) is 5.92 Å². The van der Waals surface area contributed by atoms with Crippen LogP contribution in [-0.4, -0.2) is 48.9 Å². The summed E-state index contributed by atoms with van der Waals surface area (Å²) in [5.41, 5.74) is 1.80. The molecule has 24 heavy (non-hydrogen) atoms. The lowest BCUT2D eigenvalue weighted by Gasteiger charge is -2.32. The van der Waals surface area contributed by atoms with E-state index in [1.807, 2.05) is 24.3 Å². The SMILES string of the molecule is CC1CCN(c2ccc(NC(=O)CN3C(=O)CNC3=O)cc2)CC1. The van der Waals surface area contributed by atoms with Crippen molar-refractivity contribution < 1.29 is 14.4 Å². The second kappa shape index (κ2) is 6.90. The fourth-order valence-electron chi connectivity index (χ4n) is 2.98. The Morgan fingerprint density at radius 1 is 1.21 bits per heavy atom. The molecular formula is C17H22N4O3. The Kier molecular flexibility index (Phi) is 4.69. The molecule has 2 aliphatic rings. The number of benzene rings is 1. The molecule has 3 rings (SSSR count). The summed E-state index contributed by atoms with van der Waals surface area (Å²) in [4.78, 5) is 38.1. The largest absolute Gasteiger partial charge is 0.372 e. The van der Waals surface area contributed by atoms with E-state index in [0.29, 0.717) is 5.69 Å². The minimum absolute atomic E-state index is 0.0464. The van der Waals surface area contributed by atoms with Gasteiger partial charge in [-0.1, -0.05) is 6.92 Å². The van der Waals surface area contributed by atoms with Gasteiger partial charge >= 0.3 is 6.03 Å². The van der Waals surface area contributed by atoms with Crippen LogP contribution < -0.4 is 15.5 Å². The first-order valence-corrected chi connectivity index (χ1v) is 8.26. The van der Waals surface area contributed by atoms with Gasteiger partial charge in [-0.05, 0) is 43.0 Å². The highest BCUT2D eigenvalue weighted by atomic mass is 16.2. The quantitative estimate of drug-likeness (QED) is 0.818. The van der Waals surface area contributed by atoms with Crippen LogP contribution in [0.15, 0.2) is 24.3 Å². The molecule has 7 heteroatoms. The standard InChI is InChI=1S/C17H22N4O3/c1-12-6-8-20(9-7-12)14-4-2-13(3-5-14)19-15(22)11-21-16(23)10-18-17(21)24/h2-5,12H,6-11H2,1H3,(H,18,24)(H,19,22). The Hall–Kier alpha value is -2.57. The Labute approximate surface area is 141 Å². The number of rotatable bonds is 4. The third-order valence-electron chi connectivity index (χ3n) is 4.54. The van der Waals surface area contributed by atoms with Gasteiger partial charge in [0.1, 0.15) is 6.54 Å². The first-order chi connectivity index (χ1) is 11.5. The van der Waals surface area contributed by atoms with Crippen molar-refractivity contribution in [1.82, 2.24) is 10.2 Å². The van der Waals surface area contributed by atoms with E-state index in [-0.39, 0.29) is 24.9 Å². The van der Waals surface area contributed by atoms with E-state index in [4.69, 9.17) is 0 Å². The number of nitrogens with zero attached hydrogens (tertiary/aromatic N) is 2. The Balaban J connectivity index is 1.55. The van der Waals surface area contributed by atoms with E-state index >= 15 is 0 Å². The molecule has 0 radical (unpaired) electrons. The highest BCUT2D eigenvalue weighted by Crippen LogP contribution is 2.24. The van der Waals surface area contributed by atoms with Crippen molar-refractivity contribution in [3.8, 4) is 0 Å². The van der Waals surface area contributed by atoms with Gasteiger partial charge < -0.3 is 15.5 Å². The zero-order chi connectivity index (χ0) is 17.1. The van der Waals surface area contributed by atoms with Crippen LogP contribution in [0, 0.1) is 5.92 Å². The fraction of sp³-hybridized carbons (Fsp3) is 0.471. The molecular weight excluding hydrogens is 308 g/mol. The number of imide groups is 1. The number of piperidine rings is 1. The van der Waals surface area contributed by atoms with Crippen LogP contribution in [-0.2, 0) is 9.59 Å². The topological polar surface area (TPSA) is 81.8 Å².